The van der Waals surface area contributed by atoms with Crippen molar-refractivity contribution in [3.8, 4) is 22.4 Å². The van der Waals surface area contributed by atoms with Crippen LogP contribution >= 0.6 is 0 Å². The Kier molecular flexibility index (Phi) is 5.40. The normalized spacial score (nSPS) is 11.5. The molecule has 0 radical (unpaired) electrons. The molecule has 0 N–H and O–H groups in total. The first-order valence-electron chi connectivity index (χ1n) is 10.4. The van der Waals surface area contributed by atoms with Crippen LogP contribution < -0.4 is 0 Å². The Morgan fingerprint density at radius 3 is 2.48 bits per heavy atom. The zero-order valence-electron chi connectivity index (χ0n) is 17.9. The number of aromatic nitrogens is 4. The highest BCUT2D eigenvalue weighted by molar-refractivity contribution is 7.90. The van der Waals surface area contributed by atoms with Crippen LogP contribution in [-0.4, -0.2) is 28.4 Å². The van der Waals surface area contributed by atoms with Crippen molar-refractivity contribution >= 4 is 20.6 Å². The SMILES string of the molecule is Cc1cc(-c2cccnc2)ccc1-c1nccc2cc(S(=O)(=O)Cc3ccncn3)ccc12. The van der Waals surface area contributed by atoms with E-state index in [4.69, 9.17) is 0 Å². The van der Waals surface area contributed by atoms with Crippen LogP contribution in [0.5, 0.6) is 0 Å². The van der Waals surface area contributed by atoms with Gasteiger partial charge in [-0.2, -0.15) is 0 Å². The molecule has 2 aromatic carbocycles. The largest absolute Gasteiger partial charge is 0.264 e. The minimum atomic E-state index is -3.54. The molecule has 3 aromatic heterocycles. The molecule has 0 atom stereocenters. The molecule has 7 heteroatoms. The molecule has 0 fully saturated rings. The number of fused-ring (bicyclic) bond motifs is 1. The van der Waals surface area contributed by atoms with E-state index in [0.29, 0.717) is 5.69 Å². The number of sulfone groups is 1. The van der Waals surface area contributed by atoms with Gasteiger partial charge in [0.1, 0.15) is 6.33 Å². The summed E-state index contributed by atoms with van der Waals surface area (Å²) in [5.41, 5.74) is 5.51. The highest BCUT2D eigenvalue weighted by Crippen LogP contribution is 2.33. The molecule has 0 saturated heterocycles. The summed E-state index contributed by atoms with van der Waals surface area (Å²) in [6.45, 7) is 2.05. The Labute approximate surface area is 192 Å². The minimum absolute atomic E-state index is 0.173. The van der Waals surface area contributed by atoms with Gasteiger partial charge in [-0.3, -0.25) is 9.97 Å². The zero-order chi connectivity index (χ0) is 22.8. The Balaban J connectivity index is 1.53. The average molecular weight is 453 g/mol. The highest BCUT2D eigenvalue weighted by Gasteiger charge is 2.18. The number of nitrogens with zero attached hydrogens (tertiary/aromatic N) is 4. The van der Waals surface area contributed by atoms with E-state index in [-0.39, 0.29) is 10.6 Å². The second-order valence-corrected chi connectivity index (χ2v) is 9.76. The average Bonchev–Trinajstić information content (AvgIpc) is 2.84. The third kappa shape index (κ3) is 4.23. The molecule has 5 rings (SSSR count). The first kappa shape index (κ1) is 20.9. The fourth-order valence-corrected chi connectivity index (χ4v) is 5.20. The lowest BCUT2D eigenvalue weighted by molar-refractivity contribution is 0.594. The van der Waals surface area contributed by atoms with E-state index < -0.39 is 9.84 Å². The van der Waals surface area contributed by atoms with E-state index in [2.05, 4.69) is 45.1 Å². The van der Waals surface area contributed by atoms with Crippen molar-refractivity contribution < 1.29 is 8.42 Å². The summed E-state index contributed by atoms with van der Waals surface area (Å²) in [5, 5.41) is 1.72. The van der Waals surface area contributed by atoms with Gasteiger partial charge >= 0.3 is 0 Å². The van der Waals surface area contributed by atoms with E-state index in [0.717, 1.165) is 38.7 Å². The summed E-state index contributed by atoms with van der Waals surface area (Å²) in [5.74, 6) is -0.173. The second-order valence-electron chi connectivity index (χ2n) is 7.77. The third-order valence-corrected chi connectivity index (χ3v) is 7.20. The fourth-order valence-electron chi connectivity index (χ4n) is 3.89. The molecule has 0 bridgehead atoms. The van der Waals surface area contributed by atoms with Crippen molar-refractivity contribution in [1.29, 1.82) is 0 Å². The van der Waals surface area contributed by atoms with Crippen LogP contribution in [0.15, 0.2) is 96.7 Å². The summed E-state index contributed by atoms with van der Waals surface area (Å²) in [6, 6.07) is 18.8. The highest BCUT2D eigenvalue weighted by atomic mass is 32.2. The molecule has 5 aromatic rings. The van der Waals surface area contributed by atoms with E-state index in [1.54, 1.807) is 30.6 Å². The van der Waals surface area contributed by atoms with Crippen LogP contribution in [0.3, 0.4) is 0 Å². The van der Waals surface area contributed by atoms with E-state index in [9.17, 15) is 8.42 Å². The van der Waals surface area contributed by atoms with Crippen LogP contribution in [0.2, 0.25) is 0 Å². The van der Waals surface area contributed by atoms with Gasteiger partial charge in [-0.15, -0.1) is 0 Å². The number of rotatable bonds is 5. The van der Waals surface area contributed by atoms with Crippen LogP contribution in [0, 0.1) is 6.92 Å². The zero-order valence-corrected chi connectivity index (χ0v) is 18.7. The van der Waals surface area contributed by atoms with Gasteiger partial charge in [0, 0.05) is 35.7 Å². The van der Waals surface area contributed by atoms with Crippen LogP contribution in [0.1, 0.15) is 11.3 Å². The van der Waals surface area contributed by atoms with Crippen LogP contribution in [0.4, 0.5) is 0 Å². The first-order chi connectivity index (χ1) is 16.0. The van der Waals surface area contributed by atoms with Gasteiger partial charge in [0.25, 0.3) is 0 Å². The van der Waals surface area contributed by atoms with E-state index >= 15 is 0 Å². The maximum atomic E-state index is 12.9. The third-order valence-electron chi connectivity index (χ3n) is 5.55. The van der Waals surface area contributed by atoms with Gasteiger partial charge in [0.05, 0.1) is 22.0 Å². The number of hydrogen-bond acceptors (Lipinski definition) is 6. The number of aryl methyl sites for hydroxylation is 1. The molecule has 0 aliphatic heterocycles. The molecule has 33 heavy (non-hydrogen) atoms. The standard InChI is InChI=1S/C26H20N4O2S/c1-18-13-19(21-3-2-10-27-15-21)4-6-24(18)26-25-7-5-23(14-20(25)8-12-29-26)33(31,32)16-22-9-11-28-17-30-22/h2-15,17H,16H2,1H3. The maximum absolute atomic E-state index is 12.9. The van der Waals surface area contributed by atoms with Crippen molar-refractivity contribution in [3.05, 3.63) is 103 Å². The molecule has 3 heterocycles. The Morgan fingerprint density at radius 2 is 1.73 bits per heavy atom. The summed E-state index contributed by atoms with van der Waals surface area (Å²) in [6.07, 6.45) is 8.21. The fraction of sp³-hybridized carbons (Fsp3) is 0.0769. The van der Waals surface area contributed by atoms with Crippen molar-refractivity contribution in [2.45, 2.75) is 17.6 Å². The van der Waals surface area contributed by atoms with Gasteiger partial charge in [-0.05, 0) is 59.3 Å². The number of hydrogen-bond donors (Lipinski definition) is 0. The van der Waals surface area contributed by atoms with Crippen molar-refractivity contribution in [3.63, 3.8) is 0 Å². The Hall–Kier alpha value is -3.97. The predicted octanol–water partition coefficient (Wildman–Crippen LogP) is 5.04. The predicted molar refractivity (Wildman–Crippen MR) is 128 cm³/mol. The quantitative estimate of drug-likeness (QED) is 0.372. The van der Waals surface area contributed by atoms with Gasteiger partial charge in [-0.1, -0.05) is 30.3 Å². The van der Waals surface area contributed by atoms with Gasteiger partial charge in [-0.25, -0.2) is 18.4 Å². The number of pyridine rings is 2. The lowest BCUT2D eigenvalue weighted by Gasteiger charge is -2.12. The maximum Gasteiger partial charge on any atom is 0.184 e. The molecule has 0 aliphatic carbocycles. The van der Waals surface area contributed by atoms with Crippen molar-refractivity contribution in [2.24, 2.45) is 0 Å². The van der Waals surface area contributed by atoms with Gasteiger partial charge in [0.15, 0.2) is 9.84 Å². The summed E-state index contributed by atoms with van der Waals surface area (Å²) < 4.78 is 25.9. The van der Waals surface area contributed by atoms with Crippen molar-refractivity contribution in [1.82, 2.24) is 19.9 Å². The molecular formula is C26H20N4O2S. The molecule has 6 nitrogen and oxygen atoms in total. The minimum Gasteiger partial charge on any atom is -0.264 e. The van der Waals surface area contributed by atoms with Crippen molar-refractivity contribution in [2.75, 3.05) is 0 Å². The van der Waals surface area contributed by atoms with E-state index in [1.807, 2.05) is 30.5 Å². The molecule has 0 amide bonds. The lowest BCUT2D eigenvalue weighted by atomic mass is 9.96. The Bertz CT molecular complexity index is 1550. The molecule has 0 saturated carbocycles. The molecule has 162 valence electrons. The first-order valence-corrected chi connectivity index (χ1v) is 12.0. The topological polar surface area (TPSA) is 85.7 Å². The summed E-state index contributed by atoms with van der Waals surface area (Å²) in [4.78, 5) is 17.0. The lowest BCUT2D eigenvalue weighted by Crippen LogP contribution is -2.06. The van der Waals surface area contributed by atoms with Crippen LogP contribution in [0.25, 0.3) is 33.2 Å². The van der Waals surface area contributed by atoms with Gasteiger partial charge < -0.3 is 0 Å². The van der Waals surface area contributed by atoms with Gasteiger partial charge in [0.2, 0.25) is 0 Å². The monoisotopic (exact) mass is 452 g/mol. The molecule has 0 aliphatic rings. The Morgan fingerprint density at radius 1 is 0.818 bits per heavy atom. The smallest absolute Gasteiger partial charge is 0.184 e. The molecule has 0 unspecified atom stereocenters. The molecular weight excluding hydrogens is 432 g/mol. The summed E-state index contributed by atoms with van der Waals surface area (Å²) in [7, 11) is -3.54. The van der Waals surface area contributed by atoms with Crippen LogP contribution in [-0.2, 0) is 15.6 Å². The second kappa shape index (κ2) is 8.52. The summed E-state index contributed by atoms with van der Waals surface area (Å²) >= 11 is 0. The van der Waals surface area contributed by atoms with E-state index in [1.165, 1.54) is 12.5 Å². The number of benzene rings is 2. The molecule has 0 spiro atoms.